The number of carbonyl (C=O) groups excluding carboxylic acids is 1. The maximum atomic E-state index is 12.3. The predicted octanol–water partition coefficient (Wildman–Crippen LogP) is 2.18. The van der Waals surface area contributed by atoms with E-state index in [4.69, 9.17) is 9.47 Å². The molecule has 5 nitrogen and oxygen atoms in total. The van der Waals surface area contributed by atoms with Gasteiger partial charge in [0.05, 0.1) is 19.8 Å². The third kappa shape index (κ3) is 4.35. The highest BCUT2D eigenvalue weighted by Crippen LogP contribution is 2.31. The van der Waals surface area contributed by atoms with Crippen LogP contribution < -0.4 is 10.6 Å². The Morgan fingerprint density at radius 1 is 1.25 bits per heavy atom. The van der Waals surface area contributed by atoms with Crippen LogP contribution >= 0.6 is 0 Å². The van der Waals surface area contributed by atoms with Crippen LogP contribution in [0, 0.1) is 0 Å². The summed E-state index contributed by atoms with van der Waals surface area (Å²) in [6.07, 6.45) is 4.11. The van der Waals surface area contributed by atoms with E-state index in [0.29, 0.717) is 26.4 Å². The fourth-order valence-corrected chi connectivity index (χ4v) is 3.72. The highest BCUT2D eigenvalue weighted by molar-refractivity contribution is 5.81. The van der Waals surface area contributed by atoms with Gasteiger partial charge in [0.25, 0.3) is 5.91 Å². The number of amides is 1. The van der Waals surface area contributed by atoms with E-state index in [1.165, 1.54) is 18.4 Å². The van der Waals surface area contributed by atoms with Gasteiger partial charge in [0, 0.05) is 18.1 Å². The molecular weight excluding hydrogens is 304 g/mol. The Balaban J connectivity index is 1.58. The smallest absolute Gasteiger partial charge is 0.251 e. The lowest BCUT2D eigenvalue weighted by molar-refractivity contribution is -0.147. The van der Waals surface area contributed by atoms with E-state index < -0.39 is 6.10 Å². The Kier molecular flexibility index (Phi) is 5.87. The van der Waals surface area contributed by atoms with Crippen molar-refractivity contribution in [2.45, 2.75) is 50.3 Å². The number of nitrogens with one attached hydrogen (secondary N) is 2. The summed E-state index contributed by atoms with van der Waals surface area (Å²) in [5.41, 5.74) is 1.25. The molecule has 2 aliphatic rings. The second kappa shape index (κ2) is 8.10. The third-order valence-corrected chi connectivity index (χ3v) is 5.09. The van der Waals surface area contributed by atoms with Gasteiger partial charge in [-0.1, -0.05) is 43.2 Å². The fourth-order valence-electron chi connectivity index (χ4n) is 3.72. The molecule has 2 N–H and O–H groups in total. The van der Waals surface area contributed by atoms with E-state index >= 15 is 0 Å². The van der Waals surface area contributed by atoms with Crippen molar-refractivity contribution >= 4 is 5.91 Å². The maximum absolute atomic E-state index is 12.3. The van der Waals surface area contributed by atoms with Gasteiger partial charge >= 0.3 is 0 Å². The second-order valence-electron chi connectivity index (χ2n) is 6.92. The monoisotopic (exact) mass is 332 g/mol. The number of rotatable bonds is 6. The number of hydrogen-bond acceptors (Lipinski definition) is 4. The molecule has 0 aromatic heterocycles. The van der Waals surface area contributed by atoms with Gasteiger partial charge in [-0.15, -0.1) is 0 Å². The zero-order valence-corrected chi connectivity index (χ0v) is 14.4. The minimum absolute atomic E-state index is 0.0273. The van der Waals surface area contributed by atoms with Gasteiger partial charge in [-0.05, 0) is 25.3 Å². The zero-order valence-electron chi connectivity index (χ0n) is 14.4. The van der Waals surface area contributed by atoms with E-state index in [1.54, 1.807) is 0 Å². The Morgan fingerprint density at radius 2 is 2.00 bits per heavy atom. The van der Waals surface area contributed by atoms with Crippen LogP contribution in [0.5, 0.6) is 0 Å². The van der Waals surface area contributed by atoms with Crippen molar-refractivity contribution in [1.82, 2.24) is 10.6 Å². The van der Waals surface area contributed by atoms with Gasteiger partial charge < -0.3 is 20.1 Å². The van der Waals surface area contributed by atoms with Crippen LogP contribution in [0.1, 0.15) is 44.2 Å². The maximum Gasteiger partial charge on any atom is 0.251 e. The highest BCUT2D eigenvalue weighted by Gasteiger charge is 2.36. The van der Waals surface area contributed by atoms with Crippen LogP contribution in [0.2, 0.25) is 0 Å². The number of carbonyl (C=O) groups is 1. The van der Waals surface area contributed by atoms with Gasteiger partial charge in [-0.2, -0.15) is 0 Å². The molecule has 1 aliphatic heterocycles. The SMILES string of the molecule is C[C@@H](NC1(CNC(=O)[C@H]2COCCO2)CCCC1)c1ccccc1. The highest BCUT2D eigenvalue weighted by atomic mass is 16.6. The Hall–Kier alpha value is -1.43. The molecule has 0 radical (unpaired) electrons. The predicted molar refractivity (Wildman–Crippen MR) is 92.8 cm³/mol. The van der Waals surface area contributed by atoms with E-state index in [1.807, 2.05) is 6.07 Å². The van der Waals surface area contributed by atoms with Crippen molar-refractivity contribution in [2.75, 3.05) is 26.4 Å². The fraction of sp³-hybridized carbons (Fsp3) is 0.632. The molecule has 1 aromatic carbocycles. The van der Waals surface area contributed by atoms with Crippen molar-refractivity contribution in [1.29, 1.82) is 0 Å². The van der Waals surface area contributed by atoms with Crippen molar-refractivity contribution in [3.05, 3.63) is 35.9 Å². The minimum Gasteiger partial charge on any atom is -0.376 e. The summed E-state index contributed by atoms with van der Waals surface area (Å²) in [7, 11) is 0. The van der Waals surface area contributed by atoms with Crippen molar-refractivity contribution in [2.24, 2.45) is 0 Å². The van der Waals surface area contributed by atoms with Crippen LogP contribution in [-0.2, 0) is 14.3 Å². The standard InChI is InChI=1S/C19H28N2O3/c1-15(16-7-3-2-4-8-16)21-19(9-5-6-10-19)14-20-18(22)17-13-23-11-12-24-17/h2-4,7-8,15,17,21H,5-6,9-14H2,1H3,(H,20,22)/t15-,17-/m1/s1. The first-order chi connectivity index (χ1) is 11.7. The van der Waals surface area contributed by atoms with Gasteiger partial charge in [0.1, 0.15) is 0 Å². The lowest BCUT2D eigenvalue weighted by atomic mass is 9.94. The van der Waals surface area contributed by atoms with Gasteiger partial charge in [0.15, 0.2) is 6.10 Å². The third-order valence-electron chi connectivity index (χ3n) is 5.09. The number of hydrogen-bond donors (Lipinski definition) is 2. The minimum atomic E-state index is -0.469. The molecule has 1 aromatic rings. The number of ether oxygens (including phenoxy) is 2. The summed E-state index contributed by atoms with van der Waals surface area (Å²) in [6, 6.07) is 10.7. The molecule has 1 heterocycles. The molecule has 1 saturated heterocycles. The Labute approximate surface area is 144 Å². The van der Waals surface area contributed by atoms with Crippen LogP contribution in [0.25, 0.3) is 0 Å². The van der Waals surface area contributed by atoms with E-state index in [0.717, 1.165) is 12.8 Å². The van der Waals surface area contributed by atoms with Crippen LogP contribution in [0.15, 0.2) is 30.3 Å². The first-order valence-electron chi connectivity index (χ1n) is 8.98. The molecular formula is C19H28N2O3. The number of benzene rings is 1. The summed E-state index contributed by atoms with van der Waals surface area (Å²) in [5, 5.41) is 6.87. The molecule has 1 amide bonds. The molecule has 132 valence electrons. The van der Waals surface area contributed by atoms with E-state index in [9.17, 15) is 4.79 Å². The average Bonchev–Trinajstić information content (AvgIpc) is 3.10. The molecule has 5 heteroatoms. The van der Waals surface area contributed by atoms with Crippen molar-refractivity contribution < 1.29 is 14.3 Å². The lowest BCUT2D eigenvalue weighted by Crippen LogP contribution is -2.54. The first-order valence-corrected chi connectivity index (χ1v) is 8.98. The topological polar surface area (TPSA) is 59.6 Å². The van der Waals surface area contributed by atoms with Crippen LogP contribution in [0.3, 0.4) is 0 Å². The molecule has 0 unspecified atom stereocenters. The Morgan fingerprint density at radius 3 is 2.67 bits per heavy atom. The molecule has 1 aliphatic carbocycles. The second-order valence-corrected chi connectivity index (χ2v) is 6.92. The molecule has 24 heavy (non-hydrogen) atoms. The molecule has 0 bridgehead atoms. The van der Waals surface area contributed by atoms with Crippen molar-refractivity contribution in [3.63, 3.8) is 0 Å². The quantitative estimate of drug-likeness (QED) is 0.838. The van der Waals surface area contributed by atoms with E-state index in [2.05, 4.69) is 41.8 Å². The largest absolute Gasteiger partial charge is 0.376 e. The summed E-state index contributed by atoms with van der Waals surface area (Å²) in [5.74, 6) is -0.0601. The lowest BCUT2D eigenvalue weighted by Gasteiger charge is -2.35. The molecule has 2 fully saturated rings. The van der Waals surface area contributed by atoms with Crippen molar-refractivity contribution in [3.8, 4) is 0 Å². The summed E-state index contributed by atoms with van der Waals surface area (Å²) in [4.78, 5) is 12.3. The Bertz CT molecular complexity index is 523. The van der Waals surface area contributed by atoms with Gasteiger partial charge in [-0.3, -0.25) is 4.79 Å². The first kappa shape index (κ1) is 17.4. The summed E-state index contributed by atoms with van der Waals surface area (Å²) >= 11 is 0. The average molecular weight is 332 g/mol. The van der Waals surface area contributed by atoms with E-state index in [-0.39, 0.29) is 17.5 Å². The van der Waals surface area contributed by atoms with Gasteiger partial charge in [0.2, 0.25) is 0 Å². The van der Waals surface area contributed by atoms with Crippen LogP contribution in [0.4, 0.5) is 0 Å². The summed E-state index contributed by atoms with van der Waals surface area (Å²) < 4.78 is 10.8. The normalized spacial score (nSPS) is 24.5. The van der Waals surface area contributed by atoms with Crippen LogP contribution in [-0.4, -0.2) is 43.9 Å². The zero-order chi connectivity index (χ0) is 16.8. The molecule has 0 spiro atoms. The summed E-state index contributed by atoms with van der Waals surface area (Å²) in [6.45, 7) is 4.25. The molecule has 3 rings (SSSR count). The van der Waals surface area contributed by atoms with Gasteiger partial charge in [-0.25, -0.2) is 0 Å². The molecule has 1 saturated carbocycles. The molecule has 2 atom stereocenters.